The summed E-state index contributed by atoms with van der Waals surface area (Å²) in [6.07, 6.45) is 4.01. The molecule has 2 aromatic rings. The quantitative estimate of drug-likeness (QED) is 0.851. The number of nitriles is 1. The fourth-order valence-corrected chi connectivity index (χ4v) is 5.60. The number of anilines is 1. The summed E-state index contributed by atoms with van der Waals surface area (Å²) in [6.45, 7) is 6.31. The van der Waals surface area contributed by atoms with Gasteiger partial charge in [0, 0.05) is 43.2 Å². The molecule has 3 fully saturated rings. The van der Waals surface area contributed by atoms with Gasteiger partial charge in [0.25, 0.3) is 5.91 Å². The van der Waals surface area contributed by atoms with Crippen LogP contribution >= 0.6 is 0 Å². The van der Waals surface area contributed by atoms with Crippen LogP contribution in [-0.2, 0) is 4.74 Å². The molecule has 4 heterocycles. The van der Waals surface area contributed by atoms with E-state index in [0.29, 0.717) is 23.9 Å². The van der Waals surface area contributed by atoms with Crippen molar-refractivity contribution >= 4 is 11.7 Å². The molecule has 6 nitrogen and oxygen atoms in total. The van der Waals surface area contributed by atoms with Gasteiger partial charge in [0.05, 0.1) is 23.3 Å². The van der Waals surface area contributed by atoms with E-state index in [1.165, 1.54) is 0 Å². The van der Waals surface area contributed by atoms with Crippen molar-refractivity contribution in [1.82, 2.24) is 10.3 Å². The van der Waals surface area contributed by atoms with Crippen molar-refractivity contribution in [3.05, 3.63) is 58.8 Å². The minimum atomic E-state index is -0.149. The summed E-state index contributed by atoms with van der Waals surface area (Å²) in [6, 6.07) is 11.6. The molecule has 1 aromatic heterocycles. The molecule has 1 N–H and O–H groups in total. The summed E-state index contributed by atoms with van der Waals surface area (Å²) < 4.78 is 6.50. The largest absolute Gasteiger partial charge is 0.369 e. The molecule has 1 amide bonds. The van der Waals surface area contributed by atoms with Gasteiger partial charge in [-0.2, -0.15) is 5.26 Å². The fourth-order valence-electron chi connectivity index (χ4n) is 5.60. The normalized spacial score (nSPS) is 29.0. The second-order valence-electron chi connectivity index (χ2n) is 8.88. The van der Waals surface area contributed by atoms with Crippen LogP contribution in [0, 0.1) is 37.0 Å². The Hall–Kier alpha value is -2.91. The van der Waals surface area contributed by atoms with Gasteiger partial charge in [-0.25, -0.2) is 4.98 Å². The second kappa shape index (κ2) is 7.10. The third-order valence-electron chi connectivity index (χ3n) is 7.33. The molecule has 1 spiro atoms. The van der Waals surface area contributed by atoms with Gasteiger partial charge >= 0.3 is 0 Å². The van der Waals surface area contributed by atoms with Crippen molar-refractivity contribution in [2.75, 3.05) is 24.5 Å². The maximum atomic E-state index is 12.8. The minimum Gasteiger partial charge on any atom is -0.369 e. The number of benzene rings is 1. The first kappa shape index (κ1) is 19.1. The van der Waals surface area contributed by atoms with Crippen molar-refractivity contribution in [3.63, 3.8) is 0 Å². The SMILES string of the molecule is Cc1cccc(C(=O)NC[C@H]2[C@H]3CN(c4cc(C#N)ccn4)C[C@]34CC[C@H]2O4)c1C. The maximum Gasteiger partial charge on any atom is 0.251 e. The number of nitrogens with zero attached hydrogens (tertiary/aromatic N) is 3. The van der Waals surface area contributed by atoms with Gasteiger partial charge in [-0.1, -0.05) is 12.1 Å². The number of fused-ring (bicyclic) bond motifs is 1. The van der Waals surface area contributed by atoms with E-state index < -0.39 is 0 Å². The van der Waals surface area contributed by atoms with Gasteiger partial charge < -0.3 is 15.0 Å². The van der Waals surface area contributed by atoms with E-state index in [-0.39, 0.29) is 17.6 Å². The summed E-state index contributed by atoms with van der Waals surface area (Å²) in [7, 11) is 0. The number of rotatable bonds is 4. The van der Waals surface area contributed by atoms with Crippen molar-refractivity contribution in [3.8, 4) is 6.07 Å². The average Bonchev–Trinajstić information content (AvgIpc) is 3.42. The summed E-state index contributed by atoms with van der Waals surface area (Å²) in [4.78, 5) is 19.5. The zero-order chi connectivity index (χ0) is 20.9. The summed E-state index contributed by atoms with van der Waals surface area (Å²) in [5, 5.41) is 12.4. The van der Waals surface area contributed by atoms with Crippen LogP contribution in [0.25, 0.3) is 0 Å². The van der Waals surface area contributed by atoms with Crippen LogP contribution < -0.4 is 10.2 Å². The van der Waals surface area contributed by atoms with Crippen molar-refractivity contribution < 1.29 is 9.53 Å². The van der Waals surface area contributed by atoms with E-state index in [0.717, 1.165) is 48.4 Å². The Balaban J connectivity index is 1.31. The number of amides is 1. The molecular weight excluding hydrogens is 376 g/mol. The summed E-state index contributed by atoms with van der Waals surface area (Å²) >= 11 is 0. The molecule has 3 aliphatic heterocycles. The van der Waals surface area contributed by atoms with Gasteiger partial charge in [-0.3, -0.25) is 4.79 Å². The van der Waals surface area contributed by atoms with Crippen LogP contribution in [0.15, 0.2) is 36.5 Å². The Morgan fingerprint density at radius 1 is 1.40 bits per heavy atom. The van der Waals surface area contributed by atoms with Crippen LogP contribution in [0.1, 0.15) is 39.9 Å². The smallest absolute Gasteiger partial charge is 0.251 e. The predicted octanol–water partition coefficient (Wildman–Crippen LogP) is 2.98. The van der Waals surface area contributed by atoms with Crippen LogP contribution in [0.2, 0.25) is 0 Å². The fraction of sp³-hybridized carbons (Fsp3) is 0.458. The van der Waals surface area contributed by atoms with E-state index in [1.807, 2.05) is 38.1 Å². The number of pyridine rings is 1. The molecular formula is C24H26N4O2. The van der Waals surface area contributed by atoms with Crippen LogP contribution in [0.4, 0.5) is 5.82 Å². The lowest BCUT2D eigenvalue weighted by Crippen LogP contribution is -2.42. The number of aromatic nitrogens is 1. The molecule has 0 radical (unpaired) electrons. The average molecular weight is 402 g/mol. The highest BCUT2D eigenvalue weighted by Gasteiger charge is 2.63. The van der Waals surface area contributed by atoms with Gasteiger partial charge in [0.2, 0.25) is 0 Å². The standard InChI is InChI=1S/C24H26N4O2/c1-15-4-3-5-18(16(15)2)23(29)27-12-19-20-13-28(14-24(20)8-6-21(19)30-24)22-10-17(11-25)7-9-26-22/h3-5,7,9-10,19-21H,6,8,12-14H2,1-2H3,(H,27,29)/t19-,20+,21+,24+/m0/s1. The summed E-state index contributed by atoms with van der Waals surface area (Å²) in [5.41, 5.74) is 3.38. The molecule has 2 bridgehead atoms. The second-order valence-corrected chi connectivity index (χ2v) is 8.88. The Morgan fingerprint density at radius 2 is 2.27 bits per heavy atom. The predicted molar refractivity (Wildman–Crippen MR) is 113 cm³/mol. The Kier molecular flexibility index (Phi) is 4.52. The Labute approximate surface area is 176 Å². The molecule has 3 aliphatic rings. The zero-order valence-electron chi connectivity index (χ0n) is 17.4. The topological polar surface area (TPSA) is 78.3 Å². The molecule has 6 heteroatoms. The first-order chi connectivity index (χ1) is 14.5. The van der Waals surface area contributed by atoms with Crippen LogP contribution in [0.5, 0.6) is 0 Å². The minimum absolute atomic E-state index is 0.00809. The van der Waals surface area contributed by atoms with E-state index >= 15 is 0 Å². The Bertz CT molecular complexity index is 1050. The molecule has 5 rings (SSSR count). The number of ether oxygens (including phenoxy) is 1. The number of carbonyl (C=O) groups excluding carboxylic acids is 1. The van der Waals surface area contributed by atoms with Crippen molar-refractivity contribution in [2.45, 2.75) is 38.4 Å². The molecule has 4 atom stereocenters. The molecule has 30 heavy (non-hydrogen) atoms. The molecule has 0 unspecified atom stereocenters. The number of nitrogens with one attached hydrogen (secondary N) is 1. The molecule has 0 aliphatic carbocycles. The van der Waals surface area contributed by atoms with E-state index in [1.54, 1.807) is 12.3 Å². The van der Waals surface area contributed by atoms with E-state index in [2.05, 4.69) is 21.3 Å². The van der Waals surface area contributed by atoms with Gasteiger partial charge in [0.15, 0.2) is 0 Å². The third kappa shape index (κ3) is 2.96. The third-order valence-corrected chi connectivity index (χ3v) is 7.33. The number of hydrogen-bond donors (Lipinski definition) is 1. The van der Waals surface area contributed by atoms with E-state index in [9.17, 15) is 10.1 Å². The van der Waals surface area contributed by atoms with E-state index in [4.69, 9.17) is 4.74 Å². The summed E-state index contributed by atoms with van der Waals surface area (Å²) in [5.74, 6) is 1.49. The first-order valence-electron chi connectivity index (χ1n) is 10.6. The molecule has 3 saturated heterocycles. The lowest BCUT2D eigenvalue weighted by Gasteiger charge is -2.29. The van der Waals surface area contributed by atoms with Crippen LogP contribution in [-0.4, -0.2) is 42.2 Å². The maximum absolute atomic E-state index is 12.8. The molecule has 0 saturated carbocycles. The van der Waals surface area contributed by atoms with Crippen molar-refractivity contribution in [2.24, 2.45) is 11.8 Å². The highest BCUT2D eigenvalue weighted by atomic mass is 16.5. The number of aryl methyl sites for hydroxylation is 1. The highest BCUT2D eigenvalue weighted by molar-refractivity contribution is 5.95. The number of hydrogen-bond acceptors (Lipinski definition) is 5. The van der Waals surface area contributed by atoms with Gasteiger partial charge in [0.1, 0.15) is 5.82 Å². The Morgan fingerprint density at radius 3 is 3.10 bits per heavy atom. The van der Waals surface area contributed by atoms with Crippen LogP contribution in [0.3, 0.4) is 0 Å². The monoisotopic (exact) mass is 402 g/mol. The first-order valence-corrected chi connectivity index (χ1v) is 10.6. The molecule has 154 valence electrons. The highest BCUT2D eigenvalue weighted by Crippen LogP contribution is 2.55. The zero-order valence-corrected chi connectivity index (χ0v) is 17.4. The number of carbonyl (C=O) groups is 1. The van der Waals surface area contributed by atoms with Gasteiger partial charge in [-0.15, -0.1) is 0 Å². The lowest BCUT2D eigenvalue weighted by molar-refractivity contribution is 0.0141. The van der Waals surface area contributed by atoms with Crippen molar-refractivity contribution in [1.29, 1.82) is 5.26 Å². The van der Waals surface area contributed by atoms with Gasteiger partial charge in [-0.05, 0) is 56.0 Å². The molecule has 1 aromatic carbocycles. The lowest BCUT2D eigenvalue weighted by atomic mass is 9.73.